The number of anilines is 2. The second-order valence-electron chi connectivity index (χ2n) is 5.28. The molecule has 0 unspecified atom stereocenters. The molecule has 2 aromatic rings. The van der Waals surface area contributed by atoms with Crippen molar-refractivity contribution in [2.75, 3.05) is 43.6 Å². The molecule has 1 fully saturated rings. The molecule has 0 bridgehead atoms. The Hall–Kier alpha value is -1.87. The minimum absolute atomic E-state index is 0.233. The van der Waals surface area contributed by atoms with E-state index < -0.39 is 0 Å². The van der Waals surface area contributed by atoms with Gasteiger partial charge in [-0.15, -0.1) is 0 Å². The number of halogens is 1. The van der Waals surface area contributed by atoms with Crippen molar-refractivity contribution in [2.24, 2.45) is 0 Å². The van der Waals surface area contributed by atoms with Crippen molar-refractivity contribution in [3.63, 3.8) is 0 Å². The van der Waals surface area contributed by atoms with E-state index in [9.17, 15) is 4.79 Å². The van der Waals surface area contributed by atoms with Crippen molar-refractivity contribution in [3.8, 4) is 5.88 Å². The topological polar surface area (TPSA) is 63.7 Å². The van der Waals surface area contributed by atoms with E-state index >= 15 is 0 Å². The van der Waals surface area contributed by atoms with E-state index in [1.54, 1.807) is 12.3 Å². The number of hydrogen-bond acceptors (Lipinski definition) is 5. The summed E-state index contributed by atoms with van der Waals surface area (Å²) in [5.74, 6) is 0.0900. The summed E-state index contributed by atoms with van der Waals surface area (Å²) in [5, 5.41) is 2.93. The molecule has 7 heteroatoms. The average Bonchev–Trinajstić information content (AvgIpc) is 2.62. The van der Waals surface area contributed by atoms with Gasteiger partial charge in [-0.05, 0) is 46.9 Å². The molecular formula is C17H18IN3O3. The second-order valence-corrected chi connectivity index (χ2v) is 6.44. The molecular weight excluding hydrogens is 421 g/mol. The highest BCUT2D eigenvalue weighted by Gasteiger charge is 2.18. The number of benzene rings is 1. The summed E-state index contributed by atoms with van der Waals surface area (Å²) in [7, 11) is 1.51. The average molecular weight is 439 g/mol. The summed E-state index contributed by atoms with van der Waals surface area (Å²) in [6, 6.07) is 9.60. The van der Waals surface area contributed by atoms with Gasteiger partial charge in [0.1, 0.15) is 5.56 Å². The molecule has 0 aliphatic carbocycles. The smallest absolute Gasteiger partial charge is 0.262 e. The SMILES string of the molecule is COc1nccc(I)c1C(=O)Nc1cccc(N2CCOCC2)c1. The van der Waals surface area contributed by atoms with Crippen LogP contribution in [0.15, 0.2) is 36.5 Å². The Labute approximate surface area is 154 Å². The van der Waals surface area contributed by atoms with Crippen LogP contribution in [0.25, 0.3) is 0 Å². The maximum absolute atomic E-state index is 12.6. The third-order valence-corrected chi connectivity index (χ3v) is 4.66. The van der Waals surface area contributed by atoms with Crippen LogP contribution in [-0.4, -0.2) is 44.3 Å². The van der Waals surface area contributed by atoms with E-state index in [4.69, 9.17) is 9.47 Å². The Morgan fingerprint density at radius 3 is 2.88 bits per heavy atom. The monoisotopic (exact) mass is 439 g/mol. The fraction of sp³-hybridized carbons (Fsp3) is 0.294. The molecule has 1 amide bonds. The van der Waals surface area contributed by atoms with Crippen LogP contribution in [0, 0.1) is 3.57 Å². The van der Waals surface area contributed by atoms with Gasteiger partial charge in [-0.2, -0.15) is 0 Å². The van der Waals surface area contributed by atoms with E-state index in [0.717, 1.165) is 41.2 Å². The number of aromatic nitrogens is 1. The predicted molar refractivity (Wildman–Crippen MR) is 101 cm³/mol. The van der Waals surface area contributed by atoms with E-state index in [0.29, 0.717) is 11.4 Å². The number of amides is 1. The molecule has 1 aromatic heterocycles. The van der Waals surface area contributed by atoms with E-state index in [1.807, 2.05) is 24.3 Å². The standard InChI is InChI=1S/C17H18IN3O3/c1-23-17-15(14(18)5-6-19-17)16(22)20-12-3-2-4-13(11-12)21-7-9-24-10-8-21/h2-6,11H,7-10H2,1H3,(H,20,22). The number of hydrogen-bond donors (Lipinski definition) is 1. The van der Waals surface area contributed by atoms with Gasteiger partial charge in [0.25, 0.3) is 5.91 Å². The third-order valence-electron chi connectivity index (χ3n) is 3.77. The number of methoxy groups -OCH3 is 1. The Kier molecular flexibility index (Phi) is 5.52. The fourth-order valence-electron chi connectivity index (χ4n) is 2.58. The fourth-order valence-corrected chi connectivity index (χ4v) is 3.21. The van der Waals surface area contributed by atoms with Crippen LogP contribution in [0.3, 0.4) is 0 Å². The van der Waals surface area contributed by atoms with Crippen LogP contribution in [0.2, 0.25) is 0 Å². The minimum Gasteiger partial charge on any atom is -0.480 e. The van der Waals surface area contributed by atoms with Gasteiger partial charge in [-0.1, -0.05) is 6.07 Å². The van der Waals surface area contributed by atoms with E-state index in [1.165, 1.54) is 7.11 Å². The van der Waals surface area contributed by atoms with Gasteiger partial charge in [-0.25, -0.2) is 4.98 Å². The summed E-state index contributed by atoms with van der Waals surface area (Å²) in [6.07, 6.45) is 1.62. The number of carbonyl (C=O) groups is 1. The molecule has 1 N–H and O–H groups in total. The first-order valence-corrected chi connectivity index (χ1v) is 8.69. The molecule has 1 saturated heterocycles. The molecule has 3 rings (SSSR count). The second kappa shape index (κ2) is 7.80. The van der Waals surface area contributed by atoms with Gasteiger partial charge in [0.15, 0.2) is 0 Å². The lowest BCUT2D eigenvalue weighted by Crippen LogP contribution is -2.36. The van der Waals surface area contributed by atoms with Gasteiger partial charge >= 0.3 is 0 Å². The zero-order chi connectivity index (χ0) is 16.9. The van der Waals surface area contributed by atoms with Crippen molar-refractivity contribution in [1.29, 1.82) is 0 Å². The number of carbonyl (C=O) groups excluding carboxylic acids is 1. The van der Waals surface area contributed by atoms with Crippen molar-refractivity contribution in [1.82, 2.24) is 4.98 Å². The third kappa shape index (κ3) is 3.78. The maximum Gasteiger partial charge on any atom is 0.262 e. The summed E-state index contributed by atoms with van der Waals surface area (Å²) < 4.78 is 11.4. The summed E-state index contributed by atoms with van der Waals surface area (Å²) in [5.41, 5.74) is 2.26. The normalized spacial score (nSPS) is 14.3. The summed E-state index contributed by atoms with van der Waals surface area (Å²) >= 11 is 2.11. The highest BCUT2D eigenvalue weighted by molar-refractivity contribution is 14.1. The lowest BCUT2D eigenvalue weighted by molar-refractivity contribution is 0.102. The van der Waals surface area contributed by atoms with Gasteiger partial charge in [-0.3, -0.25) is 4.79 Å². The van der Waals surface area contributed by atoms with Gasteiger partial charge in [0.05, 0.1) is 20.3 Å². The van der Waals surface area contributed by atoms with Crippen molar-refractivity contribution >= 4 is 39.9 Å². The Morgan fingerprint density at radius 1 is 1.33 bits per heavy atom. The van der Waals surface area contributed by atoms with E-state index in [2.05, 4.69) is 37.8 Å². The number of morpholine rings is 1. The number of nitrogens with one attached hydrogen (secondary N) is 1. The number of rotatable bonds is 4. The summed E-state index contributed by atoms with van der Waals surface area (Å²) in [6.45, 7) is 3.15. The highest BCUT2D eigenvalue weighted by atomic mass is 127. The van der Waals surface area contributed by atoms with Gasteiger partial charge < -0.3 is 19.7 Å². The molecule has 1 aromatic carbocycles. The van der Waals surface area contributed by atoms with E-state index in [-0.39, 0.29) is 5.91 Å². The molecule has 1 aliphatic rings. The largest absolute Gasteiger partial charge is 0.480 e. The molecule has 2 heterocycles. The van der Waals surface area contributed by atoms with Gasteiger partial charge in [0.2, 0.25) is 5.88 Å². The maximum atomic E-state index is 12.6. The minimum atomic E-state index is -0.233. The van der Waals surface area contributed by atoms with Gasteiger partial charge in [0, 0.05) is 34.2 Å². The molecule has 0 atom stereocenters. The van der Waals surface area contributed by atoms with Crippen LogP contribution >= 0.6 is 22.6 Å². The quantitative estimate of drug-likeness (QED) is 0.743. The first kappa shape index (κ1) is 17.0. The number of nitrogens with zero attached hydrogens (tertiary/aromatic N) is 2. The van der Waals surface area contributed by atoms with Crippen molar-refractivity contribution in [2.45, 2.75) is 0 Å². The zero-order valence-electron chi connectivity index (χ0n) is 13.3. The lowest BCUT2D eigenvalue weighted by Gasteiger charge is -2.29. The van der Waals surface area contributed by atoms with Crippen molar-refractivity contribution in [3.05, 3.63) is 45.7 Å². The van der Waals surface area contributed by atoms with Crippen LogP contribution in [-0.2, 0) is 4.74 Å². The predicted octanol–water partition coefficient (Wildman–Crippen LogP) is 2.78. The Balaban J connectivity index is 1.80. The lowest BCUT2D eigenvalue weighted by atomic mass is 10.2. The molecule has 1 aliphatic heterocycles. The highest BCUT2D eigenvalue weighted by Crippen LogP contribution is 2.24. The summed E-state index contributed by atoms with van der Waals surface area (Å²) in [4.78, 5) is 19.0. The molecule has 6 nitrogen and oxygen atoms in total. The zero-order valence-corrected chi connectivity index (χ0v) is 15.4. The van der Waals surface area contributed by atoms with Crippen LogP contribution in [0.4, 0.5) is 11.4 Å². The van der Waals surface area contributed by atoms with Crippen LogP contribution in [0.5, 0.6) is 5.88 Å². The molecule has 126 valence electrons. The molecule has 0 spiro atoms. The number of pyridine rings is 1. The molecule has 0 saturated carbocycles. The van der Waals surface area contributed by atoms with Crippen molar-refractivity contribution < 1.29 is 14.3 Å². The first-order valence-electron chi connectivity index (χ1n) is 7.61. The number of ether oxygens (including phenoxy) is 2. The molecule has 24 heavy (non-hydrogen) atoms. The van der Waals surface area contributed by atoms with Crippen LogP contribution < -0.4 is 15.0 Å². The van der Waals surface area contributed by atoms with Crippen LogP contribution in [0.1, 0.15) is 10.4 Å². The Bertz CT molecular complexity index is 733. The Morgan fingerprint density at radius 2 is 2.12 bits per heavy atom. The first-order chi connectivity index (χ1) is 11.7. The molecule has 0 radical (unpaired) electrons.